The first-order valence-electron chi connectivity index (χ1n) is 7.00. The standard InChI is InChI=1S/C16H15N3O2/c17-10-9-11-5-4-8-13-14(11)15(16(20)21)18-19(13)12-6-2-1-3-7-12/h1-3,6-7,11H,4-5,8-9H2,(H,20,21). The van der Waals surface area contributed by atoms with Crippen LogP contribution >= 0.6 is 0 Å². The van der Waals surface area contributed by atoms with Crippen LogP contribution in [0.1, 0.15) is 46.9 Å². The normalized spacial score (nSPS) is 17.0. The zero-order chi connectivity index (χ0) is 14.8. The van der Waals surface area contributed by atoms with E-state index in [1.165, 1.54) is 0 Å². The topological polar surface area (TPSA) is 78.9 Å². The summed E-state index contributed by atoms with van der Waals surface area (Å²) >= 11 is 0. The van der Waals surface area contributed by atoms with Crippen molar-refractivity contribution in [2.45, 2.75) is 31.6 Å². The van der Waals surface area contributed by atoms with Crippen LogP contribution in [0.4, 0.5) is 0 Å². The van der Waals surface area contributed by atoms with Crippen molar-refractivity contribution in [1.29, 1.82) is 5.26 Å². The number of carbonyl (C=O) groups is 1. The smallest absolute Gasteiger partial charge is 0.356 e. The number of carboxylic acids is 1. The fourth-order valence-electron chi connectivity index (χ4n) is 3.05. The summed E-state index contributed by atoms with van der Waals surface area (Å²) in [6.07, 6.45) is 2.94. The molecule has 0 radical (unpaired) electrons. The van der Waals surface area contributed by atoms with Crippen molar-refractivity contribution < 1.29 is 9.90 Å². The third kappa shape index (κ3) is 2.29. The molecule has 1 aromatic heterocycles. The van der Waals surface area contributed by atoms with Gasteiger partial charge in [0.15, 0.2) is 5.69 Å². The molecule has 2 aromatic rings. The maximum absolute atomic E-state index is 11.5. The number of carboxylic acid groups (broad SMARTS) is 1. The molecule has 5 heteroatoms. The highest BCUT2D eigenvalue weighted by atomic mass is 16.4. The van der Waals surface area contributed by atoms with E-state index in [0.29, 0.717) is 6.42 Å². The molecule has 3 rings (SSSR count). The van der Waals surface area contributed by atoms with Gasteiger partial charge in [-0.25, -0.2) is 9.48 Å². The molecule has 0 spiro atoms. The molecular weight excluding hydrogens is 266 g/mol. The van der Waals surface area contributed by atoms with E-state index in [9.17, 15) is 9.90 Å². The average molecular weight is 281 g/mol. The van der Waals surface area contributed by atoms with Gasteiger partial charge >= 0.3 is 5.97 Å². The molecule has 0 saturated heterocycles. The summed E-state index contributed by atoms with van der Waals surface area (Å²) in [6.45, 7) is 0. The Labute approximate surface area is 122 Å². The van der Waals surface area contributed by atoms with Crippen LogP contribution in [-0.2, 0) is 6.42 Å². The van der Waals surface area contributed by atoms with E-state index in [1.807, 2.05) is 30.3 Å². The van der Waals surface area contributed by atoms with Crippen LogP contribution in [0.3, 0.4) is 0 Å². The minimum atomic E-state index is -1.02. The molecule has 1 N–H and O–H groups in total. The molecule has 0 saturated carbocycles. The third-order valence-corrected chi connectivity index (χ3v) is 3.94. The van der Waals surface area contributed by atoms with Crippen LogP contribution in [0.15, 0.2) is 30.3 Å². The molecule has 5 nitrogen and oxygen atoms in total. The molecule has 1 unspecified atom stereocenters. The Morgan fingerprint density at radius 1 is 1.43 bits per heavy atom. The predicted octanol–water partition coefficient (Wildman–Crippen LogP) is 2.90. The quantitative estimate of drug-likeness (QED) is 0.938. The lowest BCUT2D eigenvalue weighted by Gasteiger charge is -2.21. The van der Waals surface area contributed by atoms with Crippen LogP contribution in [0.2, 0.25) is 0 Å². The number of aromatic carboxylic acids is 1. The number of fused-ring (bicyclic) bond motifs is 1. The summed E-state index contributed by atoms with van der Waals surface area (Å²) in [5.41, 5.74) is 2.64. The Morgan fingerprint density at radius 2 is 2.19 bits per heavy atom. The van der Waals surface area contributed by atoms with E-state index in [-0.39, 0.29) is 11.6 Å². The van der Waals surface area contributed by atoms with E-state index in [1.54, 1.807) is 4.68 Å². The molecule has 21 heavy (non-hydrogen) atoms. The van der Waals surface area contributed by atoms with Crippen LogP contribution in [0, 0.1) is 11.3 Å². The Balaban J connectivity index is 2.19. The number of nitrogens with zero attached hydrogens (tertiary/aromatic N) is 3. The first-order valence-corrected chi connectivity index (χ1v) is 7.00. The van der Waals surface area contributed by atoms with Gasteiger partial charge in [0, 0.05) is 23.6 Å². The number of hydrogen-bond donors (Lipinski definition) is 1. The maximum atomic E-state index is 11.5. The van der Waals surface area contributed by atoms with Crippen molar-refractivity contribution in [3.05, 3.63) is 47.3 Å². The number of para-hydroxylation sites is 1. The second-order valence-corrected chi connectivity index (χ2v) is 5.21. The molecule has 0 fully saturated rings. The van der Waals surface area contributed by atoms with Crippen molar-refractivity contribution in [2.24, 2.45) is 0 Å². The van der Waals surface area contributed by atoms with E-state index < -0.39 is 5.97 Å². The van der Waals surface area contributed by atoms with Gasteiger partial charge in [0.05, 0.1) is 11.8 Å². The van der Waals surface area contributed by atoms with Crippen molar-refractivity contribution in [1.82, 2.24) is 9.78 Å². The highest BCUT2D eigenvalue weighted by Gasteiger charge is 2.31. The molecule has 0 amide bonds. The van der Waals surface area contributed by atoms with Crippen molar-refractivity contribution >= 4 is 5.97 Å². The fourth-order valence-corrected chi connectivity index (χ4v) is 3.05. The molecule has 1 aliphatic carbocycles. The van der Waals surface area contributed by atoms with Crippen molar-refractivity contribution in [3.63, 3.8) is 0 Å². The predicted molar refractivity (Wildman–Crippen MR) is 76.4 cm³/mol. The Hall–Kier alpha value is -2.61. The van der Waals surface area contributed by atoms with Gasteiger partial charge in [-0.15, -0.1) is 0 Å². The van der Waals surface area contributed by atoms with Crippen LogP contribution in [0.5, 0.6) is 0 Å². The van der Waals surface area contributed by atoms with Crippen LogP contribution in [-0.4, -0.2) is 20.9 Å². The van der Waals surface area contributed by atoms with Gasteiger partial charge in [-0.1, -0.05) is 18.2 Å². The third-order valence-electron chi connectivity index (χ3n) is 3.94. The fraction of sp³-hybridized carbons (Fsp3) is 0.312. The summed E-state index contributed by atoms with van der Waals surface area (Å²) < 4.78 is 1.72. The van der Waals surface area contributed by atoms with Gasteiger partial charge in [0.25, 0.3) is 0 Å². The second kappa shape index (κ2) is 5.41. The largest absolute Gasteiger partial charge is 0.476 e. The maximum Gasteiger partial charge on any atom is 0.356 e. The van der Waals surface area contributed by atoms with Gasteiger partial charge < -0.3 is 5.11 Å². The molecule has 1 atom stereocenters. The molecule has 0 aliphatic heterocycles. The number of nitriles is 1. The van der Waals surface area contributed by atoms with E-state index in [2.05, 4.69) is 11.2 Å². The van der Waals surface area contributed by atoms with Crippen molar-refractivity contribution in [2.75, 3.05) is 0 Å². The zero-order valence-electron chi connectivity index (χ0n) is 11.5. The average Bonchev–Trinajstić information content (AvgIpc) is 2.89. The Kier molecular flexibility index (Phi) is 3.44. The summed E-state index contributed by atoms with van der Waals surface area (Å²) in [5.74, 6) is -1.05. The summed E-state index contributed by atoms with van der Waals surface area (Å²) in [5, 5.41) is 22.7. The van der Waals surface area contributed by atoms with Crippen LogP contribution in [0.25, 0.3) is 5.69 Å². The van der Waals surface area contributed by atoms with E-state index in [4.69, 9.17) is 5.26 Å². The van der Waals surface area contributed by atoms with Gasteiger partial charge in [0.2, 0.25) is 0 Å². The first kappa shape index (κ1) is 13.4. The molecule has 106 valence electrons. The van der Waals surface area contributed by atoms with Crippen LogP contribution < -0.4 is 0 Å². The summed E-state index contributed by atoms with van der Waals surface area (Å²) in [6, 6.07) is 11.7. The summed E-state index contributed by atoms with van der Waals surface area (Å²) in [4.78, 5) is 11.5. The second-order valence-electron chi connectivity index (χ2n) is 5.21. The molecule has 1 heterocycles. The number of aromatic nitrogens is 2. The Morgan fingerprint density at radius 3 is 2.86 bits per heavy atom. The van der Waals surface area contributed by atoms with Gasteiger partial charge in [-0.05, 0) is 31.4 Å². The number of benzene rings is 1. The SMILES string of the molecule is N#CCC1CCCc2c1c(C(=O)O)nn2-c1ccccc1. The number of rotatable bonds is 3. The lowest BCUT2D eigenvalue weighted by Crippen LogP contribution is -2.13. The molecular formula is C16H15N3O2. The van der Waals surface area contributed by atoms with Crippen molar-refractivity contribution in [3.8, 4) is 11.8 Å². The van der Waals surface area contributed by atoms with E-state index in [0.717, 1.165) is 36.2 Å². The monoisotopic (exact) mass is 281 g/mol. The van der Waals surface area contributed by atoms with Gasteiger partial charge in [-0.2, -0.15) is 10.4 Å². The zero-order valence-corrected chi connectivity index (χ0v) is 11.5. The Bertz CT molecular complexity index is 713. The lowest BCUT2D eigenvalue weighted by molar-refractivity contribution is 0.0688. The number of hydrogen-bond acceptors (Lipinski definition) is 3. The first-order chi connectivity index (χ1) is 10.2. The molecule has 1 aliphatic rings. The minimum absolute atomic E-state index is 0.0256. The molecule has 0 bridgehead atoms. The van der Waals surface area contributed by atoms with E-state index >= 15 is 0 Å². The minimum Gasteiger partial charge on any atom is -0.476 e. The van der Waals surface area contributed by atoms with Gasteiger partial charge in [-0.3, -0.25) is 0 Å². The highest BCUT2D eigenvalue weighted by Crippen LogP contribution is 2.37. The van der Waals surface area contributed by atoms with Gasteiger partial charge in [0.1, 0.15) is 0 Å². The lowest BCUT2D eigenvalue weighted by atomic mass is 9.83. The highest BCUT2D eigenvalue weighted by molar-refractivity contribution is 5.88. The summed E-state index contributed by atoms with van der Waals surface area (Å²) in [7, 11) is 0. The molecule has 1 aromatic carbocycles.